The number of amides is 1. The van der Waals surface area contributed by atoms with Crippen molar-refractivity contribution >= 4 is 5.91 Å². The van der Waals surface area contributed by atoms with Gasteiger partial charge in [0.05, 0.1) is 0 Å². The molecular formula is C16H25N3O. The van der Waals surface area contributed by atoms with Gasteiger partial charge in [0.2, 0.25) is 5.91 Å². The van der Waals surface area contributed by atoms with E-state index in [9.17, 15) is 4.79 Å². The molecule has 1 aromatic heterocycles. The molecule has 0 saturated heterocycles. The summed E-state index contributed by atoms with van der Waals surface area (Å²) in [6.07, 6.45) is 12.0. The highest BCUT2D eigenvalue weighted by Crippen LogP contribution is 2.16. The lowest BCUT2D eigenvalue weighted by molar-refractivity contribution is -0.121. The van der Waals surface area contributed by atoms with Crippen molar-refractivity contribution in [1.82, 2.24) is 15.6 Å². The molecule has 1 aliphatic carbocycles. The summed E-state index contributed by atoms with van der Waals surface area (Å²) >= 11 is 0. The third-order valence-electron chi connectivity index (χ3n) is 3.88. The molecule has 1 saturated carbocycles. The molecule has 110 valence electrons. The van der Waals surface area contributed by atoms with Gasteiger partial charge in [-0.1, -0.05) is 25.7 Å². The Morgan fingerprint density at radius 3 is 2.55 bits per heavy atom. The van der Waals surface area contributed by atoms with Crippen LogP contribution in [0.2, 0.25) is 0 Å². The monoisotopic (exact) mass is 275 g/mol. The van der Waals surface area contributed by atoms with Crippen LogP contribution in [0.15, 0.2) is 24.5 Å². The minimum atomic E-state index is 0.114. The molecule has 1 aliphatic rings. The summed E-state index contributed by atoms with van der Waals surface area (Å²) < 4.78 is 0. The van der Waals surface area contributed by atoms with Crippen molar-refractivity contribution in [3.63, 3.8) is 0 Å². The SMILES string of the molecule is O=C(CCNC1CCCCCC1)NCc1ccncc1. The van der Waals surface area contributed by atoms with Crippen LogP contribution < -0.4 is 10.6 Å². The number of carbonyl (C=O) groups excluding carboxylic acids is 1. The third-order valence-corrected chi connectivity index (χ3v) is 3.88. The van der Waals surface area contributed by atoms with E-state index >= 15 is 0 Å². The molecule has 0 atom stereocenters. The lowest BCUT2D eigenvalue weighted by atomic mass is 10.1. The summed E-state index contributed by atoms with van der Waals surface area (Å²) in [7, 11) is 0. The van der Waals surface area contributed by atoms with E-state index < -0.39 is 0 Å². The van der Waals surface area contributed by atoms with Gasteiger partial charge in [-0.3, -0.25) is 9.78 Å². The zero-order chi connectivity index (χ0) is 14.0. The number of rotatable bonds is 6. The Balaban J connectivity index is 1.58. The van der Waals surface area contributed by atoms with Crippen LogP contribution in [0.1, 0.15) is 50.5 Å². The zero-order valence-electron chi connectivity index (χ0n) is 12.1. The average molecular weight is 275 g/mol. The van der Waals surface area contributed by atoms with Gasteiger partial charge in [-0.15, -0.1) is 0 Å². The standard InChI is InChI=1S/C16H25N3O/c20-16(19-13-14-7-10-17-11-8-14)9-12-18-15-5-3-1-2-4-6-15/h7-8,10-11,15,18H,1-6,9,12-13H2,(H,19,20). The van der Waals surface area contributed by atoms with Gasteiger partial charge in [0, 0.05) is 37.9 Å². The zero-order valence-corrected chi connectivity index (χ0v) is 12.1. The van der Waals surface area contributed by atoms with E-state index in [1.54, 1.807) is 12.4 Å². The van der Waals surface area contributed by atoms with Gasteiger partial charge in [0.1, 0.15) is 0 Å². The number of hydrogen-bond acceptors (Lipinski definition) is 3. The lowest BCUT2D eigenvalue weighted by Crippen LogP contribution is -2.33. The molecule has 1 heterocycles. The first-order chi connectivity index (χ1) is 9.84. The fourth-order valence-electron chi connectivity index (χ4n) is 2.66. The average Bonchev–Trinajstić information content (AvgIpc) is 2.75. The molecule has 20 heavy (non-hydrogen) atoms. The van der Waals surface area contributed by atoms with Crippen molar-refractivity contribution in [2.45, 2.75) is 57.5 Å². The summed E-state index contributed by atoms with van der Waals surface area (Å²) in [5, 5.41) is 6.46. The maximum Gasteiger partial charge on any atom is 0.221 e. The summed E-state index contributed by atoms with van der Waals surface area (Å²) in [4.78, 5) is 15.7. The van der Waals surface area contributed by atoms with Crippen molar-refractivity contribution in [1.29, 1.82) is 0 Å². The molecule has 0 radical (unpaired) electrons. The first-order valence-electron chi connectivity index (χ1n) is 7.73. The predicted molar refractivity (Wildman–Crippen MR) is 80.2 cm³/mol. The molecule has 0 spiro atoms. The Morgan fingerprint density at radius 1 is 1.15 bits per heavy atom. The molecule has 2 rings (SSSR count). The number of carbonyl (C=O) groups is 1. The molecule has 1 amide bonds. The fourth-order valence-corrected chi connectivity index (χ4v) is 2.66. The van der Waals surface area contributed by atoms with Crippen LogP contribution in [0.3, 0.4) is 0 Å². The number of aromatic nitrogens is 1. The van der Waals surface area contributed by atoms with Crippen LogP contribution in [-0.4, -0.2) is 23.5 Å². The second-order valence-corrected chi connectivity index (χ2v) is 5.52. The quantitative estimate of drug-likeness (QED) is 0.784. The topological polar surface area (TPSA) is 54.0 Å². The van der Waals surface area contributed by atoms with E-state index in [2.05, 4.69) is 15.6 Å². The maximum absolute atomic E-state index is 11.8. The van der Waals surface area contributed by atoms with Crippen LogP contribution in [-0.2, 0) is 11.3 Å². The Bertz CT molecular complexity index is 386. The smallest absolute Gasteiger partial charge is 0.221 e. The van der Waals surface area contributed by atoms with E-state index in [4.69, 9.17) is 0 Å². The second-order valence-electron chi connectivity index (χ2n) is 5.52. The molecular weight excluding hydrogens is 250 g/mol. The normalized spacial score (nSPS) is 16.6. The van der Waals surface area contributed by atoms with Crippen LogP contribution >= 0.6 is 0 Å². The summed E-state index contributed by atoms with van der Waals surface area (Å²) in [5.41, 5.74) is 1.09. The van der Waals surface area contributed by atoms with Gasteiger partial charge in [0.15, 0.2) is 0 Å². The fraction of sp³-hybridized carbons (Fsp3) is 0.625. The Labute approximate surface area is 121 Å². The van der Waals surface area contributed by atoms with E-state index in [-0.39, 0.29) is 5.91 Å². The Kier molecular flexibility index (Phi) is 6.51. The highest BCUT2D eigenvalue weighted by Gasteiger charge is 2.11. The van der Waals surface area contributed by atoms with Crippen molar-refractivity contribution < 1.29 is 4.79 Å². The van der Waals surface area contributed by atoms with E-state index in [0.29, 0.717) is 19.0 Å². The molecule has 0 bridgehead atoms. The van der Waals surface area contributed by atoms with Crippen molar-refractivity contribution in [2.75, 3.05) is 6.54 Å². The maximum atomic E-state index is 11.8. The van der Waals surface area contributed by atoms with E-state index in [0.717, 1.165) is 12.1 Å². The number of nitrogens with zero attached hydrogens (tertiary/aromatic N) is 1. The van der Waals surface area contributed by atoms with Gasteiger partial charge in [-0.25, -0.2) is 0 Å². The first-order valence-corrected chi connectivity index (χ1v) is 7.73. The highest BCUT2D eigenvalue weighted by atomic mass is 16.1. The van der Waals surface area contributed by atoms with Crippen molar-refractivity contribution in [3.05, 3.63) is 30.1 Å². The molecule has 0 aliphatic heterocycles. The number of nitrogens with one attached hydrogen (secondary N) is 2. The van der Waals surface area contributed by atoms with Gasteiger partial charge < -0.3 is 10.6 Å². The van der Waals surface area contributed by atoms with Crippen molar-refractivity contribution in [2.24, 2.45) is 0 Å². The minimum Gasteiger partial charge on any atom is -0.352 e. The molecule has 2 N–H and O–H groups in total. The predicted octanol–water partition coefficient (Wildman–Crippen LogP) is 2.40. The second kappa shape index (κ2) is 8.69. The molecule has 0 aromatic carbocycles. The van der Waals surface area contributed by atoms with Gasteiger partial charge in [0.25, 0.3) is 0 Å². The number of hydrogen-bond donors (Lipinski definition) is 2. The lowest BCUT2D eigenvalue weighted by Gasteiger charge is -2.15. The molecule has 4 nitrogen and oxygen atoms in total. The number of pyridine rings is 1. The molecule has 1 aromatic rings. The van der Waals surface area contributed by atoms with E-state index in [1.807, 2.05) is 12.1 Å². The van der Waals surface area contributed by atoms with Crippen LogP contribution in [0.25, 0.3) is 0 Å². The van der Waals surface area contributed by atoms with Gasteiger partial charge >= 0.3 is 0 Å². The van der Waals surface area contributed by atoms with Crippen LogP contribution in [0.4, 0.5) is 0 Å². The van der Waals surface area contributed by atoms with Crippen LogP contribution in [0, 0.1) is 0 Å². The summed E-state index contributed by atoms with van der Waals surface area (Å²) in [5.74, 6) is 0.114. The largest absolute Gasteiger partial charge is 0.352 e. The van der Waals surface area contributed by atoms with Gasteiger partial charge in [-0.05, 0) is 30.5 Å². The highest BCUT2D eigenvalue weighted by molar-refractivity contribution is 5.76. The first kappa shape index (κ1) is 15.0. The minimum absolute atomic E-state index is 0.114. The molecule has 4 heteroatoms. The Hall–Kier alpha value is -1.42. The molecule has 0 unspecified atom stereocenters. The van der Waals surface area contributed by atoms with E-state index in [1.165, 1.54) is 38.5 Å². The summed E-state index contributed by atoms with van der Waals surface area (Å²) in [6, 6.07) is 4.46. The van der Waals surface area contributed by atoms with Crippen molar-refractivity contribution in [3.8, 4) is 0 Å². The van der Waals surface area contributed by atoms with Gasteiger partial charge in [-0.2, -0.15) is 0 Å². The Morgan fingerprint density at radius 2 is 1.85 bits per heavy atom. The summed E-state index contributed by atoms with van der Waals surface area (Å²) in [6.45, 7) is 1.37. The van der Waals surface area contributed by atoms with Crippen LogP contribution in [0.5, 0.6) is 0 Å². The third kappa shape index (κ3) is 5.70. The molecule has 1 fully saturated rings.